The van der Waals surface area contributed by atoms with E-state index >= 15 is 0 Å². The minimum Gasteiger partial charge on any atom is -1.00 e. The highest BCUT2D eigenvalue weighted by molar-refractivity contribution is 5.86. The highest BCUT2D eigenvalue weighted by Gasteiger charge is 2.11. The third-order valence-corrected chi connectivity index (χ3v) is 4.57. The molecular weight excluding hydrogens is 346 g/mol. The average Bonchev–Trinajstić information content (AvgIpc) is 2.67. The number of methoxy groups -OCH3 is 2. The number of nitrogens with zero attached hydrogens (tertiary/aromatic N) is 1. The van der Waals surface area contributed by atoms with Crippen LogP contribution in [-0.4, -0.2) is 14.2 Å². The van der Waals surface area contributed by atoms with Gasteiger partial charge in [-0.1, -0.05) is 42.5 Å². The second-order valence-corrected chi connectivity index (χ2v) is 6.09. The summed E-state index contributed by atoms with van der Waals surface area (Å²) in [5.74, 6) is 1.50. The molecule has 0 aliphatic rings. The smallest absolute Gasteiger partial charge is 0.177 e. The predicted octanol–water partition coefficient (Wildman–Crippen LogP) is 1.35. The van der Waals surface area contributed by atoms with E-state index in [1.54, 1.807) is 14.2 Å². The molecule has 0 unspecified atom stereocenters. The van der Waals surface area contributed by atoms with Crippen LogP contribution in [0.3, 0.4) is 0 Å². The Morgan fingerprint density at radius 1 is 0.769 bits per heavy atom. The van der Waals surface area contributed by atoms with Crippen LogP contribution in [0.2, 0.25) is 0 Å². The number of ether oxygens (including phenoxy) is 2. The lowest BCUT2D eigenvalue weighted by Crippen LogP contribution is -3.00. The van der Waals surface area contributed by atoms with Crippen molar-refractivity contribution in [1.82, 2.24) is 0 Å². The highest BCUT2D eigenvalue weighted by atomic mass is 35.5. The Kier molecular flexibility index (Phi) is 5.29. The topological polar surface area (TPSA) is 22.3 Å². The number of rotatable bonds is 4. The van der Waals surface area contributed by atoms with Gasteiger partial charge in [0.05, 0.1) is 14.2 Å². The molecule has 0 amide bonds. The van der Waals surface area contributed by atoms with Crippen molar-refractivity contribution in [2.45, 2.75) is 6.54 Å². The van der Waals surface area contributed by atoms with E-state index in [-0.39, 0.29) is 12.4 Å². The maximum Gasteiger partial charge on any atom is 0.177 e. The van der Waals surface area contributed by atoms with Crippen molar-refractivity contribution in [2.24, 2.45) is 0 Å². The summed E-state index contributed by atoms with van der Waals surface area (Å²) in [7, 11) is 3.32. The lowest BCUT2D eigenvalue weighted by Gasteiger charge is -2.09. The first kappa shape index (κ1) is 18.0. The third-order valence-electron chi connectivity index (χ3n) is 4.57. The zero-order chi connectivity index (χ0) is 17.2. The quantitative estimate of drug-likeness (QED) is 0.509. The number of fused-ring (bicyclic) bond motifs is 2. The van der Waals surface area contributed by atoms with Crippen molar-refractivity contribution in [3.63, 3.8) is 0 Å². The van der Waals surface area contributed by atoms with Gasteiger partial charge in [-0.15, -0.1) is 0 Å². The molecule has 0 aliphatic heterocycles. The van der Waals surface area contributed by atoms with Crippen LogP contribution >= 0.6 is 0 Å². The van der Waals surface area contributed by atoms with Crippen molar-refractivity contribution < 1.29 is 26.4 Å². The molecule has 0 bridgehead atoms. The zero-order valence-corrected chi connectivity index (χ0v) is 15.5. The van der Waals surface area contributed by atoms with Crippen LogP contribution in [0.1, 0.15) is 5.56 Å². The van der Waals surface area contributed by atoms with Crippen molar-refractivity contribution in [2.75, 3.05) is 14.2 Å². The number of benzene rings is 3. The fourth-order valence-electron chi connectivity index (χ4n) is 3.29. The summed E-state index contributed by atoms with van der Waals surface area (Å²) >= 11 is 0. The van der Waals surface area contributed by atoms with E-state index in [0.29, 0.717) is 0 Å². The SMILES string of the molecule is COc1cc2cc[n+](Cc3cccc4ccccc34)cc2cc1OC.[Cl-]. The fraction of sp³-hybridized carbons (Fsp3) is 0.136. The lowest BCUT2D eigenvalue weighted by atomic mass is 10.0. The maximum absolute atomic E-state index is 5.43. The molecule has 0 saturated heterocycles. The summed E-state index contributed by atoms with van der Waals surface area (Å²) in [5.41, 5.74) is 1.31. The lowest BCUT2D eigenvalue weighted by molar-refractivity contribution is -0.686. The zero-order valence-electron chi connectivity index (χ0n) is 14.8. The van der Waals surface area contributed by atoms with Gasteiger partial charge in [-0.2, -0.15) is 0 Å². The Balaban J connectivity index is 0.00000196. The summed E-state index contributed by atoms with van der Waals surface area (Å²) < 4.78 is 13.0. The van der Waals surface area contributed by atoms with Crippen molar-refractivity contribution >= 4 is 21.5 Å². The van der Waals surface area contributed by atoms with Crippen molar-refractivity contribution in [3.05, 3.63) is 78.6 Å². The number of hydrogen-bond acceptors (Lipinski definition) is 2. The molecule has 0 aliphatic carbocycles. The standard InChI is InChI=1S/C22H20NO2.ClH/c1-24-21-12-17-10-11-23(15-19(17)13-22(21)25-2)14-18-8-5-7-16-6-3-4-9-20(16)18;/h3-13,15H,14H2,1-2H3;1H/q+1;/p-1. The van der Waals surface area contributed by atoms with Crippen LogP contribution in [0.5, 0.6) is 11.5 Å². The van der Waals surface area contributed by atoms with Crippen LogP contribution in [0, 0.1) is 0 Å². The molecule has 0 spiro atoms. The summed E-state index contributed by atoms with van der Waals surface area (Å²) in [6.07, 6.45) is 4.26. The van der Waals surface area contributed by atoms with Gasteiger partial charge in [-0.25, -0.2) is 4.57 Å². The van der Waals surface area contributed by atoms with Gasteiger partial charge in [-0.3, -0.25) is 0 Å². The molecule has 1 heterocycles. The molecule has 132 valence electrons. The number of halogens is 1. The molecule has 0 saturated carbocycles. The van der Waals surface area contributed by atoms with E-state index in [2.05, 4.69) is 65.5 Å². The summed E-state index contributed by atoms with van der Waals surface area (Å²) in [6, 6.07) is 21.1. The van der Waals surface area contributed by atoms with Crippen molar-refractivity contribution in [1.29, 1.82) is 0 Å². The first-order valence-corrected chi connectivity index (χ1v) is 8.30. The minimum absolute atomic E-state index is 0. The maximum atomic E-state index is 5.43. The largest absolute Gasteiger partial charge is 1.00 e. The second-order valence-electron chi connectivity index (χ2n) is 6.09. The van der Waals surface area contributed by atoms with E-state index in [1.165, 1.54) is 16.3 Å². The van der Waals surface area contributed by atoms with Gasteiger partial charge in [0.1, 0.15) is 0 Å². The Labute approximate surface area is 159 Å². The first-order chi connectivity index (χ1) is 12.3. The highest BCUT2D eigenvalue weighted by Crippen LogP contribution is 2.31. The number of aromatic nitrogens is 1. The molecule has 4 rings (SSSR count). The third kappa shape index (κ3) is 3.31. The Morgan fingerprint density at radius 2 is 1.46 bits per heavy atom. The summed E-state index contributed by atoms with van der Waals surface area (Å²) in [6.45, 7) is 0.825. The van der Waals surface area contributed by atoms with Crippen LogP contribution in [0.15, 0.2) is 73.1 Å². The van der Waals surface area contributed by atoms with Gasteiger partial charge >= 0.3 is 0 Å². The molecule has 0 atom stereocenters. The summed E-state index contributed by atoms with van der Waals surface area (Å²) in [4.78, 5) is 0. The molecule has 4 aromatic rings. The fourth-order valence-corrected chi connectivity index (χ4v) is 3.29. The van der Waals surface area contributed by atoms with Gasteiger partial charge < -0.3 is 21.9 Å². The van der Waals surface area contributed by atoms with E-state index in [4.69, 9.17) is 9.47 Å². The molecule has 26 heavy (non-hydrogen) atoms. The number of hydrogen-bond donors (Lipinski definition) is 0. The van der Waals surface area contributed by atoms with Crippen LogP contribution in [0.4, 0.5) is 0 Å². The average molecular weight is 366 g/mol. The molecular formula is C22H20ClNO2. The van der Waals surface area contributed by atoms with Crippen LogP contribution in [-0.2, 0) is 6.54 Å². The Hall–Kier alpha value is -2.78. The van der Waals surface area contributed by atoms with E-state index < -0.39 is 0 Å². The molecule has 1 aromatic heterocycles. The van der Waals surface area contributed by atoms with Crippen LogP contribution in [0.25, 0.3) is 21.5 Å². The number of pyridine rings is 1. The monoisotopic (exact) mass is 365 g/mol. The van der Waals surface area contributed by atoms with Gasteiger partial charge in [0.15, 0.2) is 30.4 Å². The molecule has 0 N–H and O–H groups in total. The van der Waals surface area contributed by atoms with E-state index in [9.17, 15) is 0 Å². The molecule has 0 fully saturated rings. The van der Waals surface area contributed by atoms with E-state index in [0.717, 1.165) is 28.8 Å². The summed E-state index contributed by atoms with van der Waals surface area (Å²) in [5, 5.41) is 4.82. The Morgan fingerprint density at radius 3 is 2.23 bits per heavy atom. The molecule has 0 radical (unpaired) electrons. The minimum atomic E-state index is 0. The van der Waals surface area contributed by atoms with Gasteiger partial charge in [0.2, 0.25) is 0 Å². The van der Waals surface area contributed by atoms with Gasteiger partial charge in [0, 0.05) is 17.0 Å². The molecule has 3 aromatic carbocycles. The normalized spacial score (nSPS) is 10.5. The first-order valence-electron chi connectivity index (χ1n) is 8.30. The van der Waals surface area contributed by atoms with Crippen LogP contribution < -0.4 is 26.4 Å². The Bertz CT molecular complexity index is 1060. The molecule has 4 heteroatoms. The second kappa shape index (κ2) is 7.63. The van der Waals surface area contributed by atoms with Gasteiger partial charge in [-0.05, 0) is 28.3 Å². The molecule has 3 nitrogen and oxygen atoms in total. The predicted molar refractivity (Wildman–Crippen MR) is 100 cm³/mol. The van der Waals surface area contributed by atoms with E-state index in [1.807, 2.05) is 12.1 Å². The van der Waals surface area contributed by atoms with Gasteiger partial charge in [0.25, 0.3) is 0 Å². The van der Waals surface area contributed by atoms with Crippen molar-refractivity contribution in [3.8, 4) is 11.5 Å².